The molecule has 0 saturated heterocycles. The lowest BCUT2D eigenvalue weighted by Gasteiger charge is -2.09. The highest BCUT2D eigenvalue weighted by Crippen LogP contribution is 2.40. The van der Waals surface area contributed by atoms with Crippen molar-refractivity contribution in [1.29, 1.82) is 5.26 Å². The van der Waals surface area contributed by atoms with Crippen molar-refractivity contribution in [1.82, 2.24) is 9.97 Å². The summed E-state index contributed by atoms with van der Waals surface area (Å²) in [5, 5.41) is 17.9. The van der Waals surface area contributed by atoms with E-state index in [0.717, 1.165) is 43.8 Å². The number of rotatable bonds is 7. The maximum absolute atomic E-state index is 12.3. The third kappa shape index (κ3) is 4.85. The fourth-order valence-corrected chi connectivity index (χ4v) is 4.70. The molecule has 0 saturated carbocycles. The molecule has 8 heteroatoms. The molecule has 0 aliphatic heterocycles. The molecule has 31 heavy (non-hydrogen) atoms. The number of anilines is 2. The van der Waals surface area contributed by atoms with Crippen LogP contribution in [0.1, 0.15) is 11.3 Å². The van der Waals surface area contributed by atoms with E-state index < -0.39 is 0 Å². The molecule has 0 bridgehead atoms. The van der Waals surface area contributed by atoms with Gasteiger partial charge in [0.05, 0.1) is 5.39 Å². The molecule has 0 aliphatic carbocycles. The molecule has 154 valence electrons. The Bertz CT molecular complexity index is 1250. The second-order valence-electron chi connectivity index (χ2n) is 6.74. The number of amides is 1. The second kappa shape index (κ2) is 9.60. The van der Waals surface area contributed by atoms with Crippen LogP contribution in [0.25, 0.3) is 21.3 Å². The Labute approximate surface area is 188 Å². The molecule has 0 fully saturated rings. The van der Waals surface area contributed by atoms with Crippen molar-refractivity contribution < 1.29 is 4.79 Å². The number of thioether (sulfide) groups is 1. The summed E-state index contributed by atoms with van der Waals surface area (Å²) in [5.41, 5.74) is 2.96. The number of thiocyanates is 1. The van der Waals surface area contributed by atoms with Gasteiger partial charge in [-0.1, -0.05) is 30.3 Å². The van der Waals surface area contributed by atoms with E-state index in [0.29, 0.717) is 18.7 Å². The van der Waals surface area contributed by atoms with Gasteiger partial charge in [-0.2, -0.15) is 5.26 Å². The molecular formula is C23H19N5OS2. The number of nitriles is 1. The number of aromatic nitrogens is 2. The zero-order chi connectivity index (χ0) is 21.6. The zero-order valence-electron chi connectivity index (χ0n) is 16.8. The predicted octanol–water partition coefficient (Wildman–Crippen LogP) is 5.68. The Morgan fingerprint density at radius 2 is 1.90 bits per heavy atom. The summed E-state index contributed by atoms with van der Waals surface area (Å²) >= 11 is 2.73. The number of carbonyl (C=O) groups is 1. The average molecular weight is 446 g/mol. The highest BCUT2D eigenvalue weighted by Gasteiger charge is 2.16. The van der Waals surface area contributed by atoms with Gasteiger partial charge in [0.1, 0.15) is 22.4 Å². The Morgan fingerprint density at radius 1 is 1.13 bits per heavy atom. The molecule has 2 aromatic heterocycles. The summed E-state index contributed by atoms with van der Waals surface area (Å²) in [6, 6.07) is 17.4. The van der Waals surface area contributed by atoms with Gasteiger partial charge in [-0.15, -0.1) is 11.3 Å². The number of fused-ring (bicyclic) bond motifs is 1. The van der Waals surface area contributed by atoms with Crippen LogP contribution in [0.4, 0.5) is 11.5 Å². The largest absolute Gasteiger partial charge is 0.369 e. The molecule has 2 aromatic carbocycles. The van der Waals surface area contributed by atoms with Gasteiger partial charge in [0.2, 0.25) is 5.91 Å². The minimum Gasteiger partial charge on any atom is -0.369 e. The molecule has 2 N–H and O–H groups in total. The Hall–Kier alpha value is -3.41. The number of nitrogens with one attached hydrogen (secondary N) is 2. The molecule has 1 amide bonds. The SMILES string of the molecule is Cc1sc2ncnc(NCCC(=O)Nc3ccc(SC#N)cc3)c2c1-c1ccccc1. The highest BCUT2D eigenvalue weighted by atomic mass is 32.2. The van der Waals surface area contributed by atoms with Crippen molar-refractivity contribution in [3.63, 3.8) is 0 Å². The van der Waals surface area contributed by atoms with Crippen LogP contribution >= 0.6 is 23.1 Å². The lowest BCUT2D eigenvalue weighted by Crippen LogP contribution is -2.16. The maximum atomic E-state index is 12.3. The first-order valence-electron chi connectivity index (χ1n) is 9.65. The third-order valence-electron chi connectivity index (χ3n) is 4.67. The number of hydrogen-bond acceptors (Lipinski definition) is 7. The van der Waals surface area contributed by atoms with Crippen LogP contribution in [-0.4, -0.2) is 22.4 Å². The van der Waals surface area contributed by atoms with E-state index in [9.17, 15) is 4.79 Å². The van der Waals surface area contributed by atoms with Crippen LogP contribution in [-0.2, 0) is 4.79 Å². The lowest BCUT2D eigenvalue weighted by molar-refractivity contribution is -0.115. The smallest absolute Gasteiger partial charge is 0.226 e. The summed E-state index contributed by atoms with van der Waals surface area (Å²) < 4.78 is 0. The average Bonchev–Trinajstić information content (AvgIpc) is 3.12. The van der Waals surface area contributed by atoms with E-state index in [1.165, 1.54) is 4.88 Å². The van der Waals surface area contributed by atoms with Crippen LogP contribution in [0.5, 0.6) is 0 Å². The van der Waals surface area contributed by atoms with Crippen molar-refractivity contribution in [3.05, 3.63) is 65.8 Å². The summed E-state index contributed by atoms with van der Waals surface area (Å²) in [6.45, 7) is 2.54. The van der Waals surface area contributed by atoms with E-state index in [-0.39, 0.29) is 5.91 Å². The summed E-state index contributed by atoms with van der Waals surface area (Å²) in [6.07, 6.45) is 1.85. The zero-order valence-corrected chi connectivity index (χ0v) is 18.4. The normalized spacial score (nSPS) is 10.6. The molecule has 0 aliphatic rings. The van der Waals surface area contributed by atoms with Gasteiger partial charge in [-0.05, 0) is 48.5 Å². The van der Waals surface area contributed by atoms with Gasteiger partial charge in [-0.3, -0.25) is 4.79 Å². The molecule has 0 radical (unpaired) electrons. The quantitative estimate of drug-likeness (QED) is 0.281. The maximum Gasteiger partial charge on any atom is 0.226 e. The van der Waals surface area contributed by atoms with E-state index in [2.05, 4.69) is 39.7 Å². The standard InChI is InChI=1S/C23H19N5OS2/c1-15-20(16-5-3-2-4-6-16)21-22(26-14-27-23(21)31-15)25-12-11-19(29)28-17-7-9-18(10-8-17)30-13-24/h2-10,14H,11-12H2,1H3,(H,28,29)(H,25,26,27). The second-order valence-corrected chi connectivity index (χ2v) is 8.81. The van der Waals surface area contributed by atoms with Crippen LogP contribution in [0, 0.1) is 17.6 Å². The molecule has 4 aromatic rings. The number of hydrogen-bond donors (Lipinski definition) is 2. The lowest BCUT2D eigenvalue weighted by atomic mass is 10.0. The van der Waals surface area contributed by atoms with Crippen LogP contribution < -0.4 is 10.6 Å². The predicted molar refractivity (Wildman–Crippen MR) is 127 cm³/mol. The molecule has 0 spiro atoms. The molecular weight excluding hydrogens is 426 g/mol. The van der Waals surface area contributed by atoms with Crippen molar-refractivity contribution in [3.8, 4) is 16.5 Å². The minimum atomic E-state index is -0.0942. The number of carbonyl (C=O) groups excluding carboxylic acids is 1. The van der Waals surface area contributed by atoms with Crippen molar-refractivity contribution in [2.24, 2.45) is 0 Å². The number of aryl methyl sites for hydroxylation is 1. The minimum absolute atomic E-state index is 0.0942. The monoisotopic (exact) mass is 445 g/mol. The van der Waals surface area contributed by atoms with Gasteiger partial charge in [-0.25, -0.2) is 9.97 Å². The number of benzene rings is 2. The van der Waals surface area contributed by atoms with Crippen LogP contribution in [0.15, 0.2) is 65.8 Å². The topological polar surface area (TPSA) is 90.7 Å². The first-order chi connectivity index (χ1) is 15.2. The molecule has 0 unspecified atom stereocenters. The van der Waals surface area contributed by atoms with E-state index in [1.54, 1.807) is 29.8 Å². The summed E-state index contributed by atoms with van der Waals surface area (Å²) in [5.74, 6) is 0.641. The molecule has 2 heterocycles. The highest BCUT2D eigenvalue weighted by molar-refractivity contribution is 8.03. The fourth-order valence-electron chi connectivity index (χ4n) is 3.31. The van der Waals surface area contributed by atoms with Crippen molar-refractivity contribution in [2.45, 2.75) is 18.2 Å². The first kappa shape index (κ1) is 20.8. The third-order valence-corrected chi connectivity index (χ3v) is 6.29. The van der Waals surface area contributed by atoms with Crippen molar-refractivity contribution in [2.75, 3.05) is 17.2 Å². The van der Waals surface area contributed by atoms with E-state index in [1.807, 2.05) is 35.7 Å². The van der Waals surface area contributed by atoms with E-state index in [4.69, 9.17) is 5.26 Å². The van der Waals surface area contributed by atoms with E-state index >= 15 is 0 Å². The Kier molecular flexibility index (Phi) is 6.46. The van der Waals surface area contributed by atoms with Crippen LogP contribution in [0.2, 0.25) is 0 Å². The Morgan fingerprint density at radius 3 is 2.65 bits per heavy atom. The fraction of sp³-hybridized carbons (Fsp3) is 0.130. The van der Waals surface area contributed by atoms with Crippen molar-refractivity contribution >= 4 is 50.7 Å². The molecule has 6 nitrogen and oxygen atoms in total. The van der Waals surface area contributed by atoms with Gasteiger partial charge < -0.3 is 10.6 Å². The molecule has 4 rings (SSSR count). The summed E-state index contributed by atoms with van der Waals surface area (Å²) in [4.78, 5) is 24.2. The Balaban J connectivity index is 1.45. The molecule has 0 atom stereocenters. The van der Waals surface area contributed by atoms with Gasteiger partial charge in [0.15, 0.2) is 0 Å². The van der Waals surface area contributed by atoms with Gasteiger partial charge in [0.25, 0.3) is 0 Å². The number of thiophene rings is 1. The summed E-state index contributed by atoms with van der Waals surface area (Å²) in [7, 11) is 0. The van der Waals surface area contributed by atoms with Gasteiger partial charge >= 0.3 is 0 Å². The van der Waals surface area contributed by atoms with Crippen LogP contribution in [0.3, 0.4) is 0 Å². The number of nitrogens with zero attached hydrogens (tertiary/aromatic N) is 3. The van der Waals surface area contributed by atoms with Gasteiger partial charge in [0, 0.05) is 34.0 Å². The first-order valence-corrected chi connectivity index (χ1v) is 11.3.